The maximum Gasteiger partial charge on any atom is 0.225 e. The third-order valence-corrected chi connectivity index (χ3v) is 11.3. The summed E-state index contributed by atoms with van der Waals surface area (Å²) < 4.78 is 12.0. The first-order valence-corrected chi connectivity index (χ1v) is 19.0. The van der Waals surface area contributed by atoms with Crippen molar-refractivity contribution in [1.29, 1.82) is 0 Å². The Morgan fingerprint density at radius 3 is 2.10 bits per heavy atom. The smallest absolute Gasteiger partial charge is 0.225 e. The van der Waals surface area contributed by atoms with E-state index in [1.807, 2.05) is 82.7 Å². The van der Waals surface area contributed by atoms with Gasteiger partial charge in [0.05, 0.1) is 48.8 Å². The molecule has 51 heavy (non-hydrogen) atoms. The number of aryl methyl sites for hydroxylation is 1. The summed E-state index contributed by atoms with van der Waals surface area (Å²) in [6.45, 7) is 20.1. The maximum absolute atomic E-state index is 14.1. The lowest BCUT2D eigenvalue weighted by Gasteiger charge is -2.43. The van der Waals surface area contributed by atoms with E-state index in [9.17, 15) is 24.6 Å². The van der Waals surface area contributed by atoms with Gasteiger partial charge in [0, 0.05) is 32.7 Å². The average molecular weight is 719 g/mol. The van der Waals surface area contributed by atoms with Crippen LogP contribution in [0, 0.1) is 36.5 Å². The molecule has 0 aliphatic carbocycles. The van der Waals surface area contributed by atoms with Gasteiger partial charge in [0.15, 0.2) is 0 Å². The van der Waals surface area contributed by atoms with Crippen molar-refractivity contribution in [2.75, 3.05) is 27.8 Å². The molecule has 3 amide bonds. The SMILES string of the molecule is CC[C@H](C)[C@@H](C(CC(=O)N1CCC[C@H]1[C@H](OC)[C@@H](C)C(=O)N[C@H](C)[C@@H](O)c1cccc(C)c1)OC)N(C)C(O)[C@@H](NC(=O)[C@@H](C)C(C)C)C(C)C. The zero-order valence-corrected chi connectivity index (χ0v) is 33.7. The van der Waals surface area contributed by atoms with Crippen LogP contribution in [0.5, 0.6) is 0 Å². The van der Waals surface area contributed by atoms with Crippen LogP contribution in [-0.2, 0) is 23.9 Å². The van der Waals surface area contributed by atoms with Crippen LogP contribution >= 0.6 is 0 Å². The predicted molar refractivity (Wildman–Crippen MR) is 202 cm³/mol. The standard InChI is InChI=1S/C40H70N4O7/c1-14-26(7)35(43(11)40(49)34(24(4)5)42-38(47)27(8)23(2)3)32(50-12)22-33(45)44-20-16-19-31(44)37(51-13)28(9)39(48)41-29(10)36(46)30-18-15-17-25(6)21-30/h15,17-18,21,23-24,26-29,31-32,34-37,40,46,49H,14,16,19-20,22H2,1-13H3,(H,41,48)(H,42,47)/t26-,27-,28+,29+,31-,32?,34-,35-,36+,37+,40?/m0/s1. The lowest BCUT2D eigenvalue weighted by Crippen LogP contribution is -2.60. The minimum Gasteiger partial charge on any atom is -0.386 e. The van der Waals surface area contributed by atoms with Gasteiger partial charge in [-0.25, -0.2) is 0 Å². The van der Waals surface area contributed by atoms with Gasteiger partial charge in [0.25, 0.3) is 0 Å². The van der Waals surface area contributed by atoms with Crippen LogP contribution < -0.4 is 10.6 Å². The molecule has 2 unspecified atom stereocenters. The fourth-order valence-electron chi connectivity index (χ4n) is 7.38. The van der Waals surface area contributed by atoms with Crippen molar-refractivity contribution >= 4 is 17.7 Å². The number of nitrogens with one attached hydrogen (secondary N) is 2. The summed E-state index contributed by atoms with van der Waals surface area (Å²) in [5.41, 5.74) is 1.76. The van der Waals surface area contributed by atoms with Gasteiger partial charge in [0.1, 0.15) is 6.23 Å². The van der Waals surface area contributed by atoms with Crippen LogP contribution in [0.3, 0.4) is 0 Å². The molecule has 0 bridgehead atoms. The molecule has 1 aromatic rings. The number of aliphatic hydroxyl groups is 2. The van der Waals surface area contributed by atoms with Crippen molar-refractivity contribution < 1.29 is 34.1 Å². The Kier molecular flexibility index (Phi) is 18.0. The second-order valence-corrected chi connectivity index (χ2v) is 15.7. The Hall–Kier alpha value is -2.57. The largest absolute Gasteiger partial charge is 0.386 e. The summed E-state index contributed by atoms with van der Waals surface area (Å²) in [4.78, 5) is 44.4. The highest BCUT2D eigenvalue weighted by atomic mass is 16.5. The van der Waals surface area contributed by atoms with Gasteiger partial charge in [-0.1, -0.05) is 91.6 Å². The predicted octanol–water partition coefficient (Wildman–Crippen LogP) is 4.68. The normalized spacial score (nSPS) is 21.1. The molecular formula is C40H70N4O7. The van der Waals surface area contributed by atoms with E-state index in [1.54, 1.807) is 28.1 Å². The summed E-state index contributed by atoms with van der Waals surface area (Å²) in [5.74, 6) is -1.07. The maximum atomic E-state index is 14.1. The summed E-state index contributed by atoms with van der Waals surface area (Å²) in [6, 6.07) is 5.89. The number of hydrogen-bond donors (Lipinski definition) is 4. The van der Waals surface area contributed by atoms with E-state index in [2.05, 4.69) is 24.5 Å². The Bertz CT molecular complexity index is 1240. The van der Waals surface area contributed by atoms with Gasteiger partial charge in [-0.05, 0) is 57.1 Å². The fourth-order valence-corrected chi connectivity index (χ4v) is 7.38. The third kappa shape index (κ3) is 11.7. The summed E-state index contributed by atoms with van der Waals surface area (Å²) in [5, 5.41) is 28.8. The molecule has 11 heteroatoms. The number of ether oxygens (including phenoxy) is 2. The van der Waals surface area contributed by atoms with Crippen molar-refractivity contribution in [3.8, 4) is 0 Å². The second-order valence-electron chi connectivity index (χ2n) is 15.7. The lowest BCUT2D eigenvalue weighted by atomic mass is 9.89. The zero-order chi connectivity index (χ0) is 38.7. The van der Waals surface area contributed by atoms with Crippen LogP contribution in [0.25, 0.3) is 0 Å². The quantitative estimate of drug-likeness (QED) is 0.143. The summed E-state index contributed by atoms with van der Waals surface area (Å²) in [7, 11) is 5.00. The van der Waals surface area contributed by atoms with Crippen molar-refractivity contribution in [3.05, 3.63) is 35.4 Å². The first-order valence-electron chi connectivity index (χ1n) is 19.0. The first kappa shape index (κ1) is 44.6. The Morgan fingerprint density at radius 1 is 0.941 bits per heavy atom. The van der Waals surface area contributed by atoms with Crippen molar-refractivity contribution in [2.24, 2.45) is 29.6 Å². The Balaban J connectivity index is 2.23. The highest BCUT2D eigenvalue weighted by molar-refractivity contribution is 5.80. The van der Waals surface area contributed by atoms with E-state index < -0.39 is 42.5 Å². The molecule has 1 heterocycles. The van der Waals surface area contributed by atoms with Crippen LogP contribution in [0.1, 0.15) is 105 Å². The minimum atomic E-state index is -1.01. The lowest BCUT2D eigenvalue weighted by molar-refractivity contribution is -0.146. The minimum absolute atomic E-state index is 0.0460. The molecule has 0 aromatic heterocycles. The molecule has 1 aliphatic heterocycles. The van der Waals surface area contributed by atoms with Crippen molar-refractivity contribution in [3.63, 3.8) is 0 Å². The molecule has 1 aromatic carbocycles. The van der Waals surface area contributed by atoms with Crippen molar-refractivity contribution in [2.45, 2.75) is 144 Å². The average Bonchev–Trinajstić information content (AvgIpc) is 3.58. The molecule has 2 rings (SSSR count). The van der Waals surface area contributed by atoms with E-state index in [0.29, 0.717) is 13.0 Å². The number of amides is 3. The van der Waals surface area contributed by atoms with Gasteiger partial charge in [-0.15, -0.1) is 0 Å². The number of aliphatic hydroxyl groups excluding tert-OH is 2. The zero-order valence-electron chi connectivity index (χ0n) is 33.7. The number of hydrogen-bond acceptors (Lipinski definition) is 8. The highest BCUT2D eigenvalue weighted by Crippen LogP contribution is 2.30. The van der Waals surface area contributed by atoms with Gasteiger partial charge in [-0.2, -0.15) is 0 Å². The number of carbonyl (C=O) groups excluding carboxylic acids is 3. The molecular weight excluding hydrogens is 648 g/mol. The van der Waals surface area contributed by atoms with Gasteiger partial charge < -0.3 is 35.2 Å². The monoisotopic (exact) mass is 719 g/mol. The summed E-state index contributed by atoms with van der Waals surface area (Å²) in [6.07, 6.45) is -0.635. The number of rotatable bonds is 20. The molecule has 4 N–H and O–H groups in total. The number of likely N-dealkylation sites (N-methyl/N-ethyl adjacent to an activating group) is 1. The molecule has 0 radical (unpaired) electrons. The fraction of sp³-hybridized carbons (Fsp3) is 0.775. The number of methoxy groups -OCH3 is 2. The Morgan fingerprint density at radius 2 is 1.57 bits per heavy atom. The van der Waals surface area contributed by atoms with Crippen molar-refractivity contribution in [1.82, 2.24) is 20.4 Å². The van der Waals surface area contributed by atoms with Crippen LogP contribution in [-0.4, -0.2) is 108 Å². The molecule has 1 saturated heterocycles. The molecule has 1 fully saturated rings. The molecule has 292 valence electrons. The van der Waals surface area contributed by atoms with Crippen LogP contribution in [0.4, 0.5) is 0 Å². The molecule has 11 nitrogen and oxygen atoms in total. The number of likely N-dealkylation sites (tertiary alicyclic amines) is 1. The van der Waals surface area contributed by atoms with E-state index >= 15 is 0 Å². The van der Waals surface area contributed by atoms with E-state index in [1.165, 1.54) is 0 Å². The van der Waals surface area contributed by atoms with Gasteiger partial charge >= 0.3 is 0 Å². The van der Waals surface area contributed by atoms with E-state index in [4.69, 9.17) is 9.47 Å². The van der Waals surface area contributed by atoms with Gasteiger partial charge in [-0.3, -0.25) is 19.3 Å². The Labute approximate surface area is 308 Å². The second kappa shape index (κ2) is 20.6. The van der Waals surface area contributed by atoms with Crippen LogP contribution in [0.15, 0.2) is 24.3 Å². The first-order chi connectivity index (χ1) is 23.9. The third-order valence-electron chi connectivity index (χ3n) is 11.3. The molecule has 0 saturated carbocycles. The molecule has 0 spiro atoms. The van der Waals surface area contributed by atoms with E-state index in [-0.39, 0.29) is 59.9 Å². The van der Waals surface area contributed by atoms with Crippen LogP contribution in [0.2, 0.25) is 0 Å². The summed E-state index contributed by atoms with van der Waals surface area (Å²) >= 11 is 0. The topological polar surface area (TPSA) is 141 Å². The number of benzene rings is 1. The molecule has 1 aliphatic rings. The van der Waals surface area contributed by atoms with Gasteiger partial charge in [0.2, 0.25) is 17.7 Å². The number of carbonyl (C=O) groups is 3. The highest BCUT2D eigenvalue weighted by Gasteiger charge is 2.43. The molecule has 11 atom stereocenters. The number of nitrogens with zero attached hydrogens (tertiary/aromatic N) is 2. The van der Waals surface area contributed by atoms with E-state index in [0.717, 1.165) is 24.0 Å².